The molecular weight excluding hydrogens is 466 g/mol. The molecule has 0 unspecified atom stereocenters. The van der Waals surface area contributed by atoms with E-state index in [1.807, 2.05) is 31.2 Å². The smallest absolute Gasteiger partial charge is 0.330 e. The van der Waals surface area contributed by atoms with Gasteiger partial charge >= 0.3 is 11.7 Å². The van der Waals surface area contributed by atoms with Gasteiger partial charge in [0.25, 0.3) is 5.56 Å². The number of benzene rings is 1. The lowest BCUT2D eigenvalue weighted by atomic mass is 9.83. The maximum atomic E-state index is 13.4. The van der Waals surface area contributed by atoms with E-state index in [2.05, 4.69) is 9.97 Å². The van der Waals surface area contributed by atoms with Crippen LogP contribution in [0.25, 0.3) is 21.4 Å². The van der Waals surface area contributed by atoms with E-state index in [0.29, 0.717) is 30.0 Å². The van der Waals surface area contributed by atoms with Gasteiger partial charge in [0, 0.05) is 20.0 Å². The average Bonchev–Trinajstić information content (AvgIpc) is 3.55. The zero-order valence-corrected chi connectivity index (χ0v) is 20.8. The highest BCUT2D eigenvalue weighted by molar-refractivity contribution is 7.18. The molecule has 0 atom stereocenters. The minimum absolute atomic E-state index is 0.0625. The Bertz CT molecular complexity index is 1470. The monoisotopic (exact) mass is 495 g/mol. The highest BCUT2D eigenvalue weighted by Crippen LogP contribution is 2.43. The number of rotatable bonds is 8. The number of fused-ring (bicyclic) bond motifs is 2. The molecule has 1 aliphatic rings. The fourth-order valence-corrected chi connectivity index (χ4v) is 6.13. The van der Waals surface area contributed by atoms with E-state index >= 15 is 0 Å². The van der Waals surface area contributed by atoms with Gasteiger partial charge in [-0.05, 0) is 31.4 Å². The number of unbranched alkanes of at least 4 members (excludes halogenated alkanes) is 1. The SMILES string of the molecule is CCCCn1c(=O)[nH]c(=O)c2c1nc(COC(=O)C1(Cc3nc4ccccc4s3)CCCC1)n2C. The van der Waals surface area contributed by atoms with Gasteiger partial charge in [-0.15, -0.1) is 11.3 Å². The molecule has 35 heavy (non-hydrogen) atoms. The molecule has 3 aromatic heterocycles. The van der Waals surface area contributed by atoms with Gasteiger partial charge in [0.1, 0.15) is 12.4 Å². The summed E-state index contributed by atoms with van der Waals surface area (Å²) in [5, 5.41) is 0.944. The molecule has 1 fully saturated rings. The first-order valence-corrected chi connectivity index (χ1v) is 12.9. The summed E-state index contributed by atoms with van der Waals surface area (Å²) in [6, 6.07) is 7.99. The van der Waals surface area contributed by atoms with Gasteiger partial charge in [0.05, 0.1) is 20.6 Å². The van der Waals surface area contributed by atoms with Crippen molar-refractivity contribution in [1.82, 2.24) is 24.1 Å². The lowest BCUT2D eigenvalue weighted by Gasteiger charge is -2.25. The summed E-state index contributed by atoms with van der Waals surface area (Å²) in [5.41, 5.74) is 0.0153. The second-order valence-electron chi connectivity index (χ2n) is 9.34. The molecule has 0 aliphatic heterocycles. The lowest BCUT2D eigenvalue weighted by molar-refractivity contribution is -0.157. The molecule has 5 rings (SSSR count). The standard InChI is InChI=1S/C25H29N5O4S/c1-3-4-13-30-21-20(22(31)28-24(30)33)29(2)18(27-21)15-34-23(32)25(11-7-8-12-25)14-19-26-16-9-5-6-10-17(16)35-19/h5-6,9-10H,3-4,7-8,11-15H2,1-2H3,(H,28,31,33). The zero-order valence-electron chi connectivity index (χ0n) is 20.0. The summed E-state index contributed by atoms with van der Waals surface area (Å²) >= 11 is 1.63. The predicted molar refractivity (Wildman–Crippen MR) is 135 cm³/mol. The molecule has 0 radical (unpaired) electrons. The van der Waals surface area contributed by atoms with Crippen LogP contribution in [0, 0.1) is 5.41 Å². The maximum Gasteiger partial charge on any atom is 0.330 e. The van der Waals surface area contributed by atoms with Gasteiger partial charge in [0.2, 0.25) is 0 Å². The number of hydrogen-bond donors (Lipinski definition) is 1. The summed E-state index contributed by atoms with van der Waals surface area (Å²) in [6.45, 7) is 2.43. The number of H-pyrrole nitrogens is 1. The molecule has 9 nitrogen and oxygen atoms in total. The molecule has 10 heteroatoms. The Hall–Kier alpha value is -3.27. The number of carbonyl (C=O) groups excluding carboxylic acids is 1. The molecule has 4 aromatic rings. The zero-order chi connectivity index (χ0) is 24.6. The second-order valence-corrected chi connectivity index (χ2v) is 10.5. The Morgan fingerprint density at radius 3 is 2.71 bits per heavy atom. The molecule has 1 aliphatic carbocycles. The van der Waals surface area contributed by atoms with Gasteiger partial charge < -0.3 is 9.30 Å². The van der Waals surface area contributed by atoms with Crippen molar-refractivity contribution in [3.63, 3.8) is 0 Å². The predicted octanol–water partition coefficient (Wildman–Crippen LogP) is 3.68. The number of hydrogen-bond acceptors (Lipinski definition) is 7. The van der Waals surface area contributed by atoms with E-state index in [0.717, 1.165) is 53.7 Å². The summed E-state index contributed by atoms with van der Waals surface area (Å²) in [7, 11) is 1.70. The van der Waals surface area contributed by atoms with E-state index in [1.165, 1.54) is 4.57 Å². The number of para-hydroxylation sites is 1. The quantitative estimate of drug-likeness (QED) is 0.373. The molecule has 0 bridgehead atoms. The number of nitrogens with one attached hydrogen (secondary N) is 1. The summed E-state index contributed by atoms with van der Waals surface area (Å²) in [4.78, 5) is 49.9. The molecule has 3 heterocycles. The Kier molecular flexibility index (Phi) is 6.31. The van der Waals surface area contributed by atoms with E-state index in [1.54, 1.807) is 23.0 Å². The molecule has 1 N–H and O–H groups in total. The van der Waals surface area contributed by atoms with Crippen LogP contribution < -0.4 is 11.2 Å². The number of aromatic amines is 1. The van der Waals surface area contributed by atoms with Gasteiger partial charge in [-0.25, -0.2) is 14.8 Å². The Morgan fingerprint density at radius 1 is 1.20 bits per heavy atom. The van der Waals surface area contributed by atoms with Crippen molar-refractivity contribution < 1.29 is 9.53 Å². The van der Waals surface area contributed by atoms with E-state index in [9.17, 15) is 14.4 Å². The van der Waals surface area contributed by atoms with Crippen molar-refractivity contribution in [3.05, 3.63) is 55.9 Å². The Balaban J connectivity index is 1.39. The number of aromatic nitrogens is 5. The summed E-state index contributed by atoms with van der Waals surface area (Å²) in [5.74, 6) is 0.182. The molecule has 0 spiro atoms. The third-order valence-corrected chi connectivity index (χ3v) is 8.03. The minimum Gasteiger partial charge on any atom is -0.457 e. The van der Waals surface area contributed by atoms with Crippen LogP contribution in [-0.4, -0.2) is 30.1 Å². The number of aryl methyl sites for hydroxylation is 2. The van der Waals surface area contributed by atoms with Crippen LogP contribution in [0.15, 0.2) is 33.9 Å². The number of imidazole rings is 1. The largest absolute Gasteiger partial charge is 0.457 e. The Labute approximate surface area is 205 Å². The van der Waals surface area contributed by atoms with E-state index in [4.69, 9.17) is 9.72 Å². The first-order valence-electron chi connectivity index (χ1n) is 12.1. The maximum absolute atomic E-state index is 13.4. The summed E-state index contributed by atoms with van der Waals surface area (Å²) in [6.07, 6.45) is 5.74. The van der Waals surface area contributed by atoms with Gasteiger partial charge in [-0.2, -0.15) is 0 Å². The number of thiazole rings is 1. The molecule has 1 aromatic carbocycles. The average molecular weight is 496 g/mol. The van der Waals surface area contributed by atoms with Gasteiger partial charge in [0.15, 0.2) is 11.2 Å². The van der Waals surface area contributed by atoms with Crippen LogP contribution >= 0.6 is 11.3 Å². The van der Waals surface area contributed by atoms with Gasteiger partial charge in [-0.3, -0.25) is 19.1 Å². The third kappa shape index (κ3) is 4.31. The molecular formula is C25H29N5O4S. The molecule has 1 saturated carbocycles. The number of nitrogens with zero attached hydrogens (tertiary/aromatic N) is 4. The van der Waals surface area contributed by atoms with Crippen LogP contribution in [0.5, 0.6) is 0 Å². The van der Waals surface area contributed by atoms with Crippen LogP contribution in [0.3, 0.4) is 0 Å². The van der Waals surface area contributed by atoms with Crippen molar-refractivity contribution in [1.29, 1.82) is 0 Å². The van der Waals surface area contributed by atoms with Crippen LogP contribution in [-0.2, 0) is 36.2 Å². The fraction of sp³-hybridized carbons (Fsp3) is 0.480. The van der Waals surface area contributed by atoms with E-state index in [-0.39, 0.29) is 12.6 Å². The highest BCUT2D eigenvalue weighted by Gasteiger charge is 2.43. The minimum atomic E-state index is -0.598. The van der Waals surface area contributed by atoms with Crippen LogP contribution in [0.4, 0.5) is 0 Å². The van der Waals surface area contributed by atoms with Crippen LogP contribution in [0.2, 0.25) is 0 Å². The highest BCUT2D eigenvalue weighted by atomic mass is 32.1. The van der Waals surface area contributed by atoms with Crippen molar-refractivity contribution in [3.8, 4) is 0 Å². The number of ether oxygens (including phenoxy) is 1. The van der Waals surface area contributed by atoms with E-state index < -0.39 is 16.7 Å². The van der Waals surface area contributed by atoms with Gasteiger partial charge in [-0.1, -0.05) is 38.3 Å². The van der Waals surface area contributed by atoms with Crippen molar-refractivity contribution in [2.45, 2.75) is 65.0 Å². The number of esters is 1. The van der Waals surface area contributed by atoms with Crippen molar-refractivity contribution >= 4 is 38.7 Å². The Morgan fingerprint density at radius 2 is 1.97 bits per heavy atom. The van der Waals surface area contributed by atoms with Crippen molar-refractivity contribution in [2.75, 3.05) is 0 Å². The third-order valence-electron chi connectivity index (χ3n) is 6.99. The van der Waals surface area contributed by atoms with Crippen LogP contribution in [0.1, 0.15) is 56.3 Å². The number of carbonyl (C=O) groups is 1. The molecule has 0 amide bonds. The first-order chi connectivity index (χ1) is 16.9. The molecule has 0 saturated heterocycles. The summed E-state index contributed by atoms with van der Waals surface area (Å²) < 4.78 is 10.0. The second kappa shape index (κ2) is 9.41. The lowest BCUT2D eigenvalue weighted by Crippen LogP contribution is -2.32. The normalized spacial score (nSPS) is 15.3. The van der Waals surface area contributed by atoms with Crippen molar-refractivity contribution in [2.24, 2.45) is 12.5 Å². The fourth-order valence-electron chi connectivity index (χ4n) is 5.02. The molecule has 184 valence electrons. The first kappa shape index (κ1) is 23.5. The topological polar surface area (TPSA) is 112 Å².